The smallest absolute Gasteiger partial charge is 0.311 e. The molecule has 1 aromatic rings. The summed E-state index contributed by atoms with van der Waals surface area (Å²) in [6.45, 7) is 10.3. The zero-order valence-electron chi connectivity index (χ0n) is 21.9. The number of aliphatic hydroxyl groups is 1. The number of hydrogen-bond acceptors (Lipinski definition) is 6. The number of allylic oxidation sites excluding steroid dienone is 1. The van der Waals surface area contributed by atoms with Crippen molar-refractivity contribution in [3.63, 3.8) is 0 Å². The second kappa shape index (κ2) is 11.8. The lowest BCUT2D eigenvalue weighted by Gasteiger charge is -2.37. The van der Waals surface area contributed by atoms with Crippen LogP contribution in [0.15, 0.2) is 49.6 Å². The fourth-order valence-electron chi connectivity index (χ4n) is 6.42. The summed E-state index contributed by atoms with van der Waals surface area (Å²) in [5.41, 5.74) is 0.660. The minimum atomic E-state index is -0.764. The lowest BCUT2D eigenvalue weighted by atomic mass is 9.66. The average Bonchev–Trinajstić information content (AvgIpc) is 3.46. The second-order valence-electron chi connectivity index (χ2n) is 10.5. The van der Waals surface area contributed by atoms with E-state index in [-0.39, 0.29) is 37.5 Å². The number of nitrogens with zero attached hydrogens (tertiary/aromatic N) is 2. The molecule has 0 radical (unpaired) electrons. The van der Waals surface area contributed by atoms with Gasteiger partial charge in [-0.25, -0.2) is 0 Å². The Morgan fingerprint density at radius 3 is 2.61 bits per heavy atom. The first kappa shape index (κ1) is 28.7. The summed E-state index contributed by atoms with van der Waals surface area (Å²) in [7, 11) is 0. The number of anilines is 1. The Kier molecular flexibility index (Phi) is 8.95. The quantitative estimate of drug-likeness (QED) is 0.215. The number of fused-ring (bicyclic) bond motifs is 1. The van der Waals surface area contributed by atoms with Crippen molar-refractivity contribution < 1.29 is 24.2 Å². The molecule has 3 saturated heterocycles. The van der Waals surface area contributed by atoms with Gasteiger partial charge < -0.3 is 19.6 Å². The molecule has 0 saturated carbocycles. The van der Waals surface area contributed by atoms with Gasteiger partial charge in [0.2, 0.25) is 5.91 Å². The number of benzene rings is 1. The van der Waals surface area contributed by atoms with Crippen LogP contribution < -0.4 is 4.90 Å². The van der Waals surface area contributed by atoms with E-state index in [1.54, 1.807) is 51.9 Å². The maximum Gasteiger partial charge on any atom is 0.311 e. The predicted octanol–water partition coefficient (Wildman–Crippen LogP) is 4.62. The Bertz CT molecular complexity index is 1080. The largest absolute Gasteiger partial charge is 0.465 e. The van der Waals surface area contributed by atoms with Crippen molar-refractivity contribution in [3.05, 3.63) is 54.6 Å². The average molecular weight is 561 g/mol. The maximum absolute atomic E-state index is 14.4. The fourth-order valence-corrected chi connectivity index (χ4v) is 8.88. The Morgan fingerprint density at radius 1 is 1.21 bits per heavy atom. The number of halogens is 1. The van der Waals surface area contributed by atoms with Crippen LogP contribution in [0.25, 0.3) is 0 Å². The van der Waals surface area contributed by atoms with Gasteiger partial charge in [-0.3, -0.25) is 14.4 Å². The highest BCUT2D eigenvalue weighted by Crippen LogP contribution is 2.71. The summed E-state index contributed by atoms with van der Waals surface area (Å²) >= 11 is 7.71. The molecule has 3 aliphatic heterocycles. The van der Waals surface area contributed by atoms with Crippen LogP contribution in [-0.4, -0.2) is 69.6 Å². The highest BCUT2D eigenvalue weighted by atomic mass is 35.5. The first-order valence-electron chi connectivity index (χ1n) is 13.3. The molecule has 1 spiro atoms. The standard InChI is InChI=1S/C29H37ClN2O5S/c1-4-6-7-8-19-37-27(36)23-22-25(34)32(17-9-18-33)24(29(22)15-14-28(23,3)38-29)26(35)31(16-5-2)21-12-10-20(30)11-13-21/h4-5,10-13,22-24,33H,1-2,6-9,14-19H2,3H3/t22-,23+,24?,28-,29?/m0/s1. The first-order valence-corrected chi connectivity index (χ1v) is 14.5. The number of likely N-dealkylation sites (tertiary alicyclic amines) is 1. The van der Waals surface area contributed by atoms with E-state index in [1.807, 2.05) is 13.0 Å². The summed E-state index contributed by atoms with van der Waals surface area (Å²) in [5.74, 6) is -2.03. The molecule has 0 aliphatic carbocycles. The molecule has 7 nitrogen and oxygen atoms in total. The normalized spacial score (nSPS) is 29.3. The van der Waals surface area contributed by atoms with Crippen LogP contribution in [-0.2, 0) is 19.1 Å². The van der Waals surface area contributed by atoms with Crippen LogP contribution >= 0.6 is 23.4 Å². The lowest BCUT2D eigenvalue weighted by Crippen LogP contribution is -2.55. The van der Waals surface area contributed by atoms with E-state index >= 15 is 0 Å². The third kappa shape index (κ3) is 5.03. The van der Waals surface area contributed by atoms with Crippen LogP contribution in [0.2, 0.25) is 5.02 Å². The molecule has 38 heavy (non-hydrogen) atoms. The number of carbonyl (C=O) groups excluding carboxylic acids is 3. The van der Waals surface area contributed by atoms with Gasteiger partial charge in [-0.15, -0.1) is 24.9 Å². The number of carbonyl (C=O) groups is 3. The van der Waals surface area contributed by atoms with Crippen molar-refractivity contribution in [1.82, 2.24) is 4.90 Å². The number of ether oxygens (including phenoxy) is 1. The van der Waals surface area contributed by atoms with Crippen molar-refractivity contribution in [1.29, 1.82) is 0 Å². The molecule has 3 heterocycles. The van der Waals surface area contributed by atoms with Crippen molar-refractivity contribution >= 4 is 46.8 Å². The highest BCUT2D eigenvalue weighted by Gasteiger charge is 2.77. The number of unbranched alkanes of at least 4 members (excludes halogenated alkanes) is 2. The molecule has 1 aromatic carbocycles. The molecule has 2 unspecified atom stereocenters. The van der Waals surface area contributed by atoms with Gasteiger partial charge in [-0.1, -0.05) is 23.8 Å². The SMILES string of the molecule is C=CCCCCOC(=O)[C@H]1[C@H]2C(=O)N(CCCO)C(C(=O)N(CC=C)c3ccc(Cl)cc3)C23CC[C@]1(C)S3. The van der Waals surface area contributed by atoms with E-state index in [9.17, 15) is 19.5 Å². The van der Waals surface area contributed by atoms with E-state index in [0.717, 1.165) is 25.7 Å². The van der Waals surface area contributed by atoms with Gasteiger partial charge in [0.25, 0.3) is 5.91 Å². The van der Waals surface area contributed by atoms with Crippen molar-refractivity contribution in [3.8, 4) is 0 Å². The Morgan fingerprint density at radius 2 is 1.95 bits per heavy atom. The molecule has 0 aromatic heterocycles. The van der Waals surface area contributed by atoms with E-state index < -0.39 is 27.4 Å². The first-order chi connectivity index (χ1) is 18.2. The molecular weight excluding hydrogens is 524 g/mol. The Balaban J connectivity index is 1.68. The van der Waals surface area contributed by atoms with Crippen LogP contribution in [0.5, 0.6) is 0 Å². The number of rotatable bonds is 13. The summed E-state index contributed by atoms with van der Waals surface area (Å²) < 4.78 is 4.48. The molecule has 3 aliphatic rings. The van der Waals surface area contributed by atoms with Gasteiger partial charge in [0.15, 0.2) is 0 Å². The van der Waals surface area contributed by atoms with Gasteiger partial charge in [-0.05, 0) is 69.7 Å². The summed E-state index contributed by atoms with van der Waals surface area (Å²) in [6.07, 6.45) is 7.70. The van der Waals surface area contributed by atoms with E-state index in [0.29, 0.717) is 30.2 Å². The molecule has 2 bridgehead atoms. The summed E-state index contributed by atoms with van der Waals surface area (Å²) in [6, 6.07) is 6.24. The molecule has 5 atom stereocenters. The predicted molar refractivity (Wildman–Crippen MR) is 151 cm³/mol. The van der Waals surface area contributed by atoms with Gasteiger partial charge in [-0.2, -0.15) is 0 Å². The zero-order chi connectivity index (χ0) is 27.5. The number of amides is 2. The van der Waals surface area contributed by atoms with Crippen molar-refractivity contribution in [2.75, 3.05) is 31.2 Å². The number of esters is 1. The van der Waals surface area contributed by atoms with Crippen molar-refractivity contribution in [2.45, 2.75) is 61.0 Å². The molecule has 3 fully saturated rings. The lowest BCUT2D eigenvalue weighted by molar-refractivity contribution is -0.155. The summed E-state index contributed by atoms with van der Waals surface area (Å²) in [4.78, 5) is 45.1. The third-order valence-electron chi connectivity index (χ3n) is 8.08. The number of aliphatic hydroxyl groups excluding tert-OH is 1. The molecule has 206 valence electrons. The number of thioether (sulfide) groups is 1. The van der Waals surface area contributed by atoms with Crippen LogP contribution in [0, 0.1) is 11.8 Å². The summed E-state index contributed by atoms with van der Waals surface area (Å²) in [5, 5.41) is 10.1. The van der Waals surface area contributed by atoms with Crippen molar-refractivity contribution in [2.24, 2.45) is 11.8 Å². The monoisotopic (exact) mass is 560 g/mol. The van der Waals surface area contributed by atoms with Gasteiger partial charge in [0.05, 0.1) is 23.2 Å². The number of hydrogen-bond donors (Lipinski definition) is 1. The molecule has 2 amide bonds. The molecular formula is C29H37ClN2O5S. The van der Waals surface area contributed by atoms with Crippen LogP contribution in [0.1, 0.15) is 45.4 Å². The van der Waals surface area contributed by atoms with E-state index in [2.05, 4.69) is 13.2 Å². The minimum Gasteiger partial charge on any atom is -0.465 e. The molecule has 9 heteroatoms. The molecule has 1 N–H and O–H groups in total. The van der Waals surface area contributed by atoms with E-state index in [4.69, 9.17) is 16.3 Å². The Hall–Kier alpha value is -2.29. The molecule has 4 rings (SSSR count). The van der Waals surface area contributed by atoms with Crippen LogP contribution in [0.4, 0.5) is 5.69 Å². The van der Waals surface area contributed by atoms with Gasteiger partial charge in [0, 0.05) is 35.2 Å². The minimum absolute atomic E-state index is 0.100. The maximum atomic E-state index is 14.4. The second-order valence-corrected chi connectivity index (χ2v) is 12.8. The fraction of sp³-hybridized carbons (Fsp3) is 0.552. The van der Waals surface area contributed by atoms with Crippen LogP contribution in [0.3, 0.4) is 0 Å². The van der Waals surface area contributed by atoms with Gasteiger partial charge in [0.1, 0.15) is 6.04 Å². The van der Waals surface area contributed by atoms with E-state index in [1.165, 1.54) is 0 Å². The Labute approximate surface area is 234 Å². The topological polar surface area (TPSA) is 87.1 Å². The third-order valence-corrected chi connectivity index (χ3v) is 10.3. The zero-order valence-corrected chi connectivity index (χ0v) is 23.5. The van der Waals surface area contributed by atoms with Gasteiger partial charge >= 0.3 is 5.97 Å². The highest BCUT2D eigenvalue weighted by molar-refractivity contribution is 8.02.